The van der Waals surface area contributed by atoms with Crippen molar-refractivity contribution < 1.29 is 0 Å². The Labute approximate surface area is 107 Å². The molecule has 98 valence electrons. The third-order valence-corrected chi connectivity index (χ3v) is 5.36. The Balaban J connectivity index is 1.77. The lowest BCUT2D eigenvalue weighted by atomic mass is 9.45. The minimum atomic E-state index is -0.0804. The highest BCUT2D eigenvalue weighted by Crippen LogP contribution is 2.61. The van der Waals surface area contributed by atoms with Crippen LogP contribution in [0.2, 0.25) is 0 Å². The minimum Gasteiger partial charge on any atom is -0.303 e. The largest absolute Gasteiger partial charge is 0.303 e. The molecule has 3 aliphatic rings. The lowest BCUT2D eigenvalue weighted by Gasteiger charge is -2.62. The highest BCUT2D eigenvalue weighted by Gasteiger charge is 2.56. The van der Waals surface area contributed by atoms with Gasteiger partial charge in [0.1, 0.15) is 0 Å². The molecule has 3 fully saturated rings. The molecule has 0 amide bonds. The van der Waals surface area contributed by atoms with Crippen LogP contribution in [0.15, 0.2) is 23.1 Å². The monoisotopic (exact) mass is 247 g/mol. The average molecular weight is 247 g/mol. The fourth-order valence-electron chi connectivity index (χ4n) is 3.93. The molecule has 1 aromatic rings. The zero-order valence-electron chi connectivity index (χ0n) is 11.3. The predicted molar refractivity (Wildman–Crippen MR) is 70.8 cm³/mol. The normalized spacial score (nSPS) is 36.8. The molecule has 4 rings (SSSR count). The van der Waals surface area contributed by atoms with Crippen LogP contribution in [0.4, 0.5) is 0 Å². The lowest BCUT2D eigenvalue weighted by molar-refractivity contribution is -0.107. The topological polar surface area (TPSA) is 46.9 Å². The van der Waals surface area contributed by atoms with Gasteiger partial charge in [0.2, 0.25) is 0 Å². The molecular weight excluding hydrogens is 226 g/mol. The predicted octanol–water partition coefficient (Wildman–Crippen LogP) is 1.86. The number of hydrogen-bond donors (Lipinski definition) is 1. The SMILES string of the molecule is C[C@@H]1[C@H]2C[C@@H](C[C@H]1Nn1ncccc1=O)C2(C)C. The van der Waals surface area contributed by atoms with Gasteiger partial charge in [-0.3, -0.25) is 4.79 Å². The van der Waals surface area contributed by atoms with Crippen molar-refractivity contribution >= 4 is 0 Å². The number of aromatic nitrogens is 2. The summed E-state index contributed by atoms with van der Waals surface area (Å²) < 4.78 is 0. The van der Waals surface area contributed by atoms with Crippen LogP contribution in [-0.4, -0.2) is 15.9 Å². The van der Waals surface area contributed by atoms with E-state index in [0.717, 1.165) is 18.3 Å². The van der Waals surface area contributed by atoms with E-state index in [9.17, 15) is 4.79 Å². The third-order valence-electron chi connectivity index (χ3n) is 5.36. The summed E-state index contributed by atoms with van der Waals surface area (Å²) in [5.74, 6) is 2.16. The molecule has 3 aliphatic carbocycles. The Morgan fingerprint density at radius 3 is 2.83 bits per heavy atom. The van der Waals surface area contributed by atoms with Gasteiger partial charge in [-0.2, -0.15) is 5.10 Å². The van der Waals surface area contributed by atoms with Crippen LogP contribution in [0.1, 0.15) is 33.6 Å². The second kappa shape index (κ2) is 3.84. The van der Waals surface area contributed by atoms with Gasteiger partial charge in [0.15, 0.2) is 0 Å². The van der Waals surface area contributed by atoms with Crippen molar-refractivity contribution in [3.63, 3.8) is 0 Å². The van der Waals surface area contributed by atoms with E-state index >= 15 is 0 Å². The van der Waals surface area contributed by atoms with E-state index in [1.165, 1.54) is 17.3 Å². The summed E-state index contributed by atoms with van der Waals surface area (Å²) in [5, 5.41) is 4.08. The van der Waals surface area contributed by atoms with Gasteiger partial charge in [0.05, 0.1) is 0 Å². The Morgan fingerprint density at radius 2 is 2.22 bits per heavy atom. The van der Waals surface area contributed by atoms with Gasteiger partial charge < -0.3 is 5.43 Å². The summed E-state index contributed by atoms with van der Waals surface area (Å²) in [6.45, 7) is 7.06. The molecule has 0 aliphatic heterocycles. The molecule has 0 saturated heterocycles. The molecular formula is C14H21N3O. The zero-order valence-corrected chi connectivity index (χ0v) is 11.3. The van der Waals surface area contributed by atoms with E-state index in [0.29, 0.717) is 17.4 Å². The van der Waals surface area contributed by atoms with Crippen LogP contribution in [0.3, 0.4) is 0 Å². The first-order valence-corrected chi connectivity index (χ1v) is 6.81. The van der Waals surface area contributed by atoms with Gasteiger partial charge in [-0.15, -0.1) is 4.79 Å². The second-order valence-electron chi connectivity index (χ2n) is 6.46. The van der Waals surface area contributed by atoms with Crippen molar-refractivity contribution in [2.45, 2.75) is 39.7 Å². The number of fused-ring (bicyclic) bond motifs is 2. The standard InChI is InChI=1S/C14H21N3O/c1-9-11-7-10(14(11,2)3)8-12(9)16-17-13(18)5-4-6-15-17/h4-6,9-12,16H,7-8H2,1-3H3/t9-,10+,11-,12-/m1/s1. The third kappa shape index (κ3) is 1.58. The van der Waals surface area contributed by atoms with Crippen LogP contribution in [-0.2, 0) is 0 Å². The molecule has 4 nitrogen and oxygen atoms in total. The quantitative estimate of drug-likeness (QED) is 0.867. The van der Waals surface area contributed by atoms with Crippen molar-refractivity contribution in [3.05, 3.63) is 28.7 Å². The van der Waals surface area contributed by atoms with Crippen molar-refractivity contribution in [1.82, 2.24) is 9.89 Å². The van der Waals surface area contributed by atoms with E-state index in [4.69, 9.17) is 0 Å². The number of rotatable bonds is 2. The van der Waals surface area contributed by atoms with E-state index in [1.807, 2.05) is 0 Å². The van der Waals surface area contributed by atoms with Gasteiger partial charge in [0, 0.05) is 18.3 Å². The minimum absolute atomic E-state index is 0.0804. The molecule has 3 saturated carbocycles. The fraction of sp³-hybridized carbons (Fsp3) is 0.714. The Hall–Kier alpha value is -1.32. The van der Waals surface area contributed by atoms with Crippen LogP contribution in [0.25, 0.3) is 0 Å². The van der Waals surface area contributed by atoms with Gasteiger partial charge in [-0.05, 0) is 42.1 Å². The van der Waals surface area contributed by atoms with E-state index in [-0.39, 0.29) is 5.56 Å². The number of nitrogens with zero attached hydrogens (tertiary/aromatic N) is 2. The summed E-state index contributed by atoms with van der Waals surface area (Å²) in [6.07, 6.45) is 4.14. The fourth-order valence-corrected chi connectivity index (χ4v) is 3.93. The molecule has 4 atom stereocenters. The highest BCUT2D eigenvalue weighted by molar-refractivity contribution is 5.09. The molecule has 1 N–H and O–H groups in total. The van der Waals surface area contributed by atoms with Crippen molar-refractivity contribution in [1.29, 1.82) is 0 Å². The van der Waals surface area contributed by atoms with Crippen LogP contribution >= 0.6 is 0 Å². The number of hydrogen-bond acceptors (Lipinski definition) is 3. The summed E-state index contributed by atoms with van der Waals surface area (Å²) >= 11 is 0. The van der Waals surface area contributed by atoms with Crippen LogP contribution in [0.5, 0.6) is 0 Å². The molecule has 1 heterocycles. The molecule has 0 spiro atoms. The van der Waals surface area contributed by atoms with Gasteiger partial charge in [-0.1, -0.05) is 20.8 Å². The van der Waals surface area contributed by atoms with Gasteiger partial charge in [0.25, 0.3) is 5.56 Å². The summed E-state index contributed by atoms with van der Waals surface area (Å²) in [6, 6.07) is 3.58. The first-order chi connectivity index (χ1) is 8.50. The van der Waals surface area contributed by atoms with E-state index in [1.54, 1.807) is 12.3 Å². The molecule has 0 radical (unpaired) electrons. The van der Waals surface area contributed by atoms with E-state index < -0.39 is 0 Å². The lowest BCUT2D eigenvalue weighted by Crippen LogP contribution is -2.60. The summed E-state index contributed by atoms with van der Waals surface area (Å²) in [4.78, 5) is 13.0. The van der Waals surface area contributed by atoms with Gasteiger partial charge in [-0.25, -0.2) is 0 Å². The molecule has 0 aromatic carbocycles. The molecule has 18 heavy (non-hydrogen) atoms. The van der Waals surface area contributed by atoms with Crippen molar-refractivity contribution in [3.8, 4) is 0 Å². The summed E-state index contributed by atoms with van der Waals surface area (Å²) in [7, 11) is 0. The van der Waals surface area contributed by atoms with Gasteiger partial charge >= 0.3 is 0 Å². The molecule has 2 bridgehead atoms. The van der Waals surface area contributed by atoms with Crippen LogP contribution in [0, 0.1) is 23.2 Å². The average Bonchev–Trinajstić information content (AvgIpc) is 2.33. The number of nitrogens with one attached hydrogen (secondary N) is 1. The Kier molecular flexibility index (Phi) is 2.50. The highest BCUT2D eigenvalue weighted by atomic mass is 16.1. The Bertz CT molecular complexity index is 508. The van der Waals surface area contributed by atoms with E-state index in [2.05, 4.69) is 31.3 Å². The Morgan fingerprint density at radius 1 is 1.44 bits per heavy atom. The maximum atomic E-state index is 11.7. The molecule has 0 unspecified atom stereocenters. The van der Waals surface area contributed by atoms with Crippen molar-refractivity contribution in [2.24, 2.45) is 23.2 Å². The second-order valence-corrected chi connectivity index (χ2v) is 6.46. The zero-order chi connectivity index (χ0) is 12.9. The maximum absolute atomic E-state index is 11.7. The van der Waals surface area contributed by atoms with Crippen LogP contribution < -0.4 is 11.0 Å². The molecule has 1 aromatic heterocycles. The maximum Gasteiger partial charge on any atom is 0.285 e. The summed E-state index contributed by atoms with van der Waals surface area (Å²) in [5.41, 5.74) is 3.69. The molecule has 4 heteroatoms. The smallest absolute Gasteiger partial charge is 0.285 e. The first-order valence-electron chi connectivity index (χ1n) is 6.81. The van der Waals surface area contributed by atoms with Crippen molar-refractivity contribution in [2.75, 3.05) is 5.43 Å². The first kappa shape index (κ1) is 11.8.